The van der Waals surface area contributed by atoms with Crippen molar-refractivity contribution in [1.82, 2.24) is 15.1 Å². The minimum absolute atomic E-state index is 0.0737. The van der Waals surface area contributed by atoms with Crippen LogP contribution in [0.25, 0.3) is 0 Å². The highest BCUT2D eigenvalue weighted by Gasteiger charge is 2.42. The van der Waals surface area contributed by atoms with Crippen LogP contribution in [0.15, 0.2) is 59.6 Å². The van der Waals surface area contributed by atoms with Gasteiger partial charge in [0.25, 0.3) is 5.69 Å². The van der Waals surface area contributed by atoms with E-state index in [1.165, 1.54) is 29.8 Å². The second kappa shape index (κ2) is 10.4. The number of carbonyl (C=O) groups is 2. The van der Waals surface area contributed by atoms with Crippen molar-refractivity contribution in [2.24, 2.45) is 10.9 Å². The number of nitrogens with one attached hydrogen (secondary N) is 1. The highest BCUT2D eigenvalue weighted by atomic mass is 16.6. The lowest BCUT2D eigenvalue weighted by Crippen LogP contribution is -2.57. The summed E-state index contributed by atoms with van der Waals surface area (Å²) in [4.78, 5) is 45.2. The van der Waals surface area contributed by atoms with Crippen molar-refractivity contribution in [3.8, 4) is 0 Å². The third-order valence-electron chi connectivity index (χ3n) is 6.00. The molecule has 10 nitrogen and oxygen atoms in total. The van der Waals surface area contributed by atoms with E-state index in [-0.39, 0.29) is 12.3 Å². The molecule has 1 N–H and O–H groups in total. The van der Waals surface area contributed by atoms with E-state index in [1.807, 2.05) is 23.1 Å². The van der Waals surface area contributed by atoms with Crippen molar-refractivity contribution >= 4 is 23.5 Å². The summed E-state index contributed by atoms with van der Waals surface area (Å²) < 4.78 is 5.12. The smallest absolute Gasteiger partial charge is 0.321 e. The molecule has 2 aliphatic rings. The molecule has 34 heavy (non-hydrogen) atoms. The molecule has 2 aromatic carbocycles. The van der Waals surface area contributed by atoms with Crippen LogP contribution in [0.2, 0.25) is 0 Å². The molecular weight excluding hydrogens is 438 g/mol. The molecule has 2 aromatic rings. The van der Waals surface area contributed by atoms with Gasteiger partial charge in [0.05, 0.1) is 11.5 Å². The Labute approximate surface area is 197 Å². The van der Waals surface area contributed by atoms with Crippen molar-refractivity contribution in [3.05, 3.63) is 75.8 Å². The van der Waals surface area contributed by atoms with Gasteiger partial charge in [0.15, 0.2) is 5.92 Å². The maximum absolute atomic E-state index is 13.0. The summed E-state index contributed by atoms with van der Waals surface area (Å²) in [5.41, 5.74) is 1.71. The minimum Gasteiger partial charge on any atom is -0.465 e. The minimum atomic E-state index is -1.16. The van der Waals surface area contributed by atoms with Crippen molar-refractivity contribution in [3.63, 3.8) is 0 Å². The molecule has 0 aromatic heterocycles. The van der Waals surface area contributed by atoms with Gasteiger partial charge >= 0.3 is 5.97 Å². The lowest BCUT2D eigenvalue weighted by atomic mass is 9.91. The maximum Gasteiger partial charge on any atom is 0.321 e. The number of nitro benzene ring substituents is 1. The Hall–Kier alpha value is -3.79. The number of rotatable bonds is 6. The fourth-order valence-corrected chi connectivity index (χ4v) is 4.22. The number of non-ortho nitro benzene ring substituents is 1. The number of nitrogens with zero attached hydrogens (tertiary/aromatic N) is 4. The predicted molar refractivity (Wildman–Crippen MR) is 125 cm³/mol. The summed E-state index contributed by atoms with van der Waals surface area (Å²) in [5.74, 6) is -1.91. The van der Waals surface area contributed by atoms with E-state index in [0.717, 1.165) is 19.6 Å². The molecular formula is C24H27N5O5. The van der Waals surface area contributed by atoms with Crippen LogP contribution in [0.5, 0.6) is 0 Å². The molecule has 0 aliphatic carbocycles. The molecule has 10 heteroatoms. The fourth-order valence-electron chi connectivity index (χ4n) is 4.22. The molecule has 0 spiro atoms. The van der Waals surface area contributed by atoms with E-state index >= 15 is 0 Å². The van der Waals surface area contributed by atoms with Crippen LogP contribution < -0.4 is 5.32 Å². The van der Waals surface area contributed by atoms with Gasteiger partial charge in [-0.05, 0) is 18.1 Å². The van der Waals surface area contributed by atoms with Crippen LogP contribution in [0, 0.1) is 16.0 Å². The molecule has 2 aliphatic heterocycles. The van der Waals surface area contributed by atoms with Crippen LogP contribution in [-0.4, -0.2) is 65.3 Å². The Bertz CT molecular complexity index is 1060. The first-order valence-corrected chi connectivity index (χ1v) is 11.3. The summed E-state index contributed by atoms with van der Waals surface area (Å²) in [5, 5.41) is 13.8. The lowest BCUT2D eigenvalue weighted by molar-refractivity contribution is -0.384. The number of guanidine groups is 1. The largest absolute Gasteiger partial charge is 0.465 e. The molecule has 2 atom stereocenters. The van der Waals surface area contributed by atoms with Gasteiger partial charge < -0.3 is 9.64 Å². The van der Waals surface area contributed by atoms with Gasteiger partial charge in [-0.2, -0.15) is 0 Å². The zero-order chi connectivity index (χ0) is 24.1. The van der Waals surface area contributed by atoms with Gasteiger partial charge in [0.1, 0.15) is 6.04 Å². The molecule has 0 unspecified atom stereocenters. The summed E-state index contributed by atoms with van der Waals surface area (Å²) in [6.07, 6.45) is 0. The van der Waals surface area contributed by atoms with Gasteiger partial charge in [-0.3, -0.25) is 29.9 Å². The number of nitro groups is 1. The molecule has 0 saturated carbocycles. The second-order valence-electron chi connectivity index (χ2n) is 8.21. The average molecular weight is 466 g/mol. The van der Waals surface area contributed by atoms with Gasteiger partial charge in [-0.1, -0.05) is 42.5 Å². The average Bonchev–Trinajstić information content (AvgIpc) is 2.85. The van der Waals surface area contributed by atoms with E-state index in [2.05, 4.69) is 22.3 Å². The first-order valence-electron chi connectivity index (χ1n) is 11.3. The molecule has 1 saturated heterocycles. The Morgan fingerprint density at radius 1 is 1.12 bits per heavy atom. The van der Waals surface area contributed by atoms with Gasteiger partial charge in [-0.25, -0.2) is 4.99 Å². The number of carbonyl (C=O) groups excluding carboxylic acids is 2. The number of esters is 1. The molecule has 1 amide bonds. The monoisotopic (exact) mass is 465 g/mol. The van der Waals surface area contributed by atoms with E-state index < -0.39 is 28.8 Å². The van der Waals surface area contributed by atoms with Crippen LogP contribution >= 0.6 is 0 Å². The van der Waals surface area contributed by atoms with Crippen molar-refractivity contribution in [2.45, 2.75) is 19.5 Å². The summed E-state index contributed by atoms with van der Waals surface area (Å²) in [6, 6.07) is 15.2. The number of hydrogen-bond acceptors (Lipinski definition) is 8. The predicted octanol–water partition coefficient (Wildman–Crippen LogP) is 2.12. The quantitative estimate of drug-likeness (QED) is 0.301. The molecule has 2 heterocycles. The summed E-state index contributed by atoms with van der Waals surface area (Å²) in [6.45, 7) is 5.59. The topological polar surface area (TPSA) is 117 Å². The number of hydrogen-bond donors (Lipinski definition) is 1. The molecule has 0 bridgehead atoms. The second-order valence-corrected chi connectivity index (χ2v) is 8.21. The van der Waals surface area contributed by atoms with Crippen molar-refractivity contribution in [1.29, 1.82) is 0 Å². The first kappa shape index (κ1) is 23.4. The van der Waals surface area contributed by atoms with Gasteiger partial charge in [0.2, 0.25) is 11.9 Å². The SMILES string of the molecule is CCOC(=O)[C@H]1C(=O)NC(N2CCN(Cc3ccccc3)CC2)=N[C@@H]1c1ccc([N+](=O)[O-])cc1. The zero-order valence-electron chi connectivity index (χ0n) is 18.9. The lowest BCUT2D eigenvalue weighted by Gasteiger charge is -2.39. The molecule has 4 rings (SSSR count). The van der Waals surface area contributed by atoms with Crippen LogP contribution in [0.4, 0.5) is 5.69 Å². The first-order chi connectivity index (χ1) is 16.5. The van der Waals surface area contributed by atoms with E-state index in [9.17, 15) is 19.7 Å². The van der Waals surface area contributed by atoms with E-state index in [4.69, 9.17) is 9.73 Å². The number of amides is 1. The van der Waals surface area contributed by atoms with Crippen molar-refractivity contribution < 1.29 is 19.2 Å². The number of ether oxygens (including phenoxy) is 1. The van der Waals surface area contributed by atoms with Crippen LogP contribution in [0.1, 0.15) is 24.1 Å². The highest BCUT2D eigenvalue weighted by Crippen LogP contribution is 2.32. The standard InChI is InChI=1S/C24H27N5O5/c1-2-34-23(31)20-21(18-8-10-19(11-9-18)29(32)33)25-24(26-22(20)30)28-14-12-27(13-15-28)16-17-6-4-3-5-7-17/h3-11,20-21H,2,12-16H2,1H3,(H,25,26,30)/t20-,21-/m1/s1. The Kier molecular flexibility index (Phi) is 7.17. The van der Waals surface area contributed by atoms with Gasteiger partial charge in [-0.15, -0.1) is 0 Å². The van der Waals surface area contributed by atoms with Gasteiger partial charge in [0, 0.05) is 44.9 Å². The Balaban J connectivity index is 1.53. The third-order valence-corrected chi connectivity index (χ3v) is 6.00. The molecule has 1 fully saturated rings. The van der Waals surface area contributed by atoms with Crippen LogP contribution in [-0.2, 0) is 20.9 Å². The normalized spacial score (nSPS) is 20.9. The van der Waals surface area contributed by atoms with Crippen LogP contribution in [0.3, 0.4) is 0 Å². The van der Waals surface area contributed by atoms with E-state index in [1.54, 1.807) is 6.92 Å². The number of piperazine rings is 1. The summed E-state index contributed by atoms with van der Waals surface area (Å²) >= 11 is 0. The van der Waals surface area contributed by atoms with E-state index in [0.29, 0.717) is 24.6 Å². The summed E-state index contributed by atoms with van der Waals surface area (Å²) in [7, 11) is 0. The third kappa shape index (κ3) is 5.23. The Morgan fingerprint density at radius 2 is 1.79 bits per heavy atom. The number of aliphatic imine (C=N–C) groups is 1. The zero-order valence-corrected chi connectivity index (χ0v) is 18.9. The Morgan fingerprint density at radius 3 is 2.41 bits per heavy atom. The molecule has 0 radical (unpaired) electrons. The molecule has 178 valence electrons. The highest BCUT2D eigenvalue weighted by molar-refractivity contribution is 6.08. The fraction of sp³-hybridized carbons (Fsp3) is 0.375. The van der Waals surface area contributed by atoms with Crippen molar-refractivity contribution in [2.75, 3.05) is 32.8 Å². The number of benzene rings is 2. The maximum atomic E-state index is 13.0.